The molecule has 4 heteroatoms. The molecule has 0 unspecified atom stereocenters. The SMILES string of the molecule is C[C@@H](c1[c-]ccc2ccccc12)N(C)C.Cc1cp(-c2ccccc2)cc1C.[Cl][Pd+]. The Labute approximate surface area is 197 Å². The van der Waals surface area contributed by atoms with E-state index in [1.807, 2.05) is 6.07 Å². The van der Waals surface area contributed by atoms with Crippen LogP contribution in [0.5, 0.6) is 0 Å². The van der Waals surface area contributed by atoms with Crippen molar-refractivity contribution in [3.05, 3.63) is 101 Å². The van der Waals surface area contributed by atoms with Gasteiger partial charge in [0.05, 0.1) is 0 Å². The Morgan fingerprint density at radius 2 is 1.43 bits per heavy atom. The summed E-state index contributed by atoms with van der Waals surface area (Å²) in [6, 6.07) is 27.1. The summed E-state index contributed by atoms with van der Waals surface area (Å²) in [6.45, 7) is 6.59. The number of nitrogens with zero attached hydrogens (tertiary/aromatic N) is 1. The fourth-order valence-electron chi connectivity index (χ4n) is 3.20. The summed E-state index contributed by atoms with van der Waals surface area (Å²) >= 11 is 2.22. The summed E-state index contributed by atoms with van der Waals surface area (Å²) in [5.74, 6) is 4.78. The molecule has 0 fully saturated rings. The topological polar surface area (TPSA) is 3.24 Å². The molecule has 0 saturated heterocycles. The monoisotopic (exact) mass is 527 g/mol. The maximum absolute atomic E-state index is 4.49. The fourth-order valence-corrected chi connectivity index (χ4v) is 5.33. The van der Waals surface area contributed by atoms with Crippen LogP contribution < -0.4 is 0 Å². The van der Waals surface area contributed by atoms with E-state index in [1.54, 1.807) is 0 Å². The van der Waals surface area contributed by atoms with E-state index in [9.17, 15) is 0 Å². The summed E-state index contributed by atoms with van der Waals surface area (Å²) in [5, 5.41) is 4.05. The van der Waals surface area contributed by atoms with E-state index < -0.39 is 0 Å². The Balaban J connectivity index is 0.000000199. The number of hydrogen-bond donors (Lipinski definition) is 0. The van der Waals surface area contributed by atoms with Crippen molar-refractivity contribution in [3.63, 3.8) is 0 Å². The van der Waals surface area contributed by atoms with Gasteiger partial charge in [0.2, 0.25) is 0 Å². The van der Waals surface area contributed by atoms with Gasteiger partial charge in [-0.05, 0) is 62.9 Å². The number of rotatable bonds is 3. The Bertz CT molecular complexity index is 1020. The molecule has 1 nitrogen and oxygen atoms in total. The van der Waals surface area contributed by atoms with Crippen LogP contribution in [0.15, 0.2) is 78.3 Å². The van der Waals surface area contributed by atoms with Gasteiger partial charge in [0, 0.05) is 6.04 Å². The van der Waals surface area contributed by atoms with Crippen molar-refractivity contribution in [1.82, 2.24) is 4.90 Å². The Morgan fingerprint density at radius 1 is 0.867 bits per heavy atom. The van der Waals surface area contributed by atoms with Crippen LogP contribution in [0.1, 0.15) is 29.7 Å². The van der Waals surface area contributed by atoms with Crippen LogP contribution in [0, 0.1) is 19.9 Å². The molecule has 1 heterocycles. The van der Waals surface area contributed by atoms with Crippen LogP contribution in [0.2, 0.25) is 0 Å². The molecule has 0 N–H and O–H groups in total. The number of halogens is 1. The van der Waals surface area contributed by atoms with Crippen LogP contribution in [0.25, 0.3) is 16.1 Å². The summed E-state index contributed by atoms with van der Waals surface area (Å²) in [6.07, 6.45) is 0. The average molecular weight is 528 g/mol. The van der Waals surface area contributed by atoms with Crippen molar-refractivity contribution in [2.24, 2.45) is 0 Å². The minimum atomic E-state index is -0.143. The number of aryl methyl sites for hydroxylation is 2. The van der Waals surface area contributed by atoms with Crippen molar-refractivity contribution in [1.29, 1.82) is 0 Å². The van der Waals surface area contributed by atoms with Crippen molar-refractivity contribution in [3.8, 4) is 5.30 Å². The Kier molecular flexibility index (Phi) is 10.3. The molecule has 0 radical (unpaired) electrons. The van der Waals surface area contributed by atoms with Gasteiger partial charge in [0.1, 0.15) is 0 Å². The van der Waals surface area contributed by atoms with Gasteiger partial charge in [-0.2, -0.15) is 18.2 Å². The van der Waals surface area contributed by atoms with E-state index in [0.29, 0.717) is 6.04 Å². The second kappa shape index (κ2) is 12.5. The van der Waals surface area contributed by atoms with Gasteiger partial charge in [0.15, 0.2) is 0 Å². The summed E-state index contributed by atoms with van der Waals surface area (Å²) in [5.41, 5.74) is 4.16. The Hall–Kier alpha value is -1.39. The van der Waals surface area contributed by atoms with Crippen LogP contribution in [0.3, 0.4) is 0 Å². The molecule has 4 rings (SSSR count). The Morgan fingerprint density at radius 3 is 2.03 bits per heavy atom. The van der Waals surface area contributed by atoms with Crippen molar-refractivity contribution in [2.45, 2.75) is 26.8 Å². The first-order valence-electron chi connectivity index (χ1n) is 9.85. The molecule has 1 aromatic heterocycles. The van der Waals surface area contributed by atoms with Crippen molar-refractivity contribution < 1.29 is 18.2 Å². The zero-order chi connectivity index (χ0) is 22.1. The van der Waals surface area contributed by atoms with E-state index >= 15 is 0 Å². The standard InChI is InChI=1S/C14H16N.C12H13P.ClH.Pd/c1-11(15(2)3)13-10-6-8-12-7-4-5-9-14(12)13;1-10-8-13(9-11(10)2)12-6-4-3-5-7-12;;/h4-9,11H,1-3H3;3-9H,1-2H3;1H;/q-1;;;+2/p-1/t11-;;;/m0.../s1. The van der Waals surface area contributed by atoms with Crippen molar-refractivity contribution >= 4 is 27.8 Å². The molecule has 30 heavy (non-hydrogen) atoms. The molecule has 3 aromatic carbocycles. The molecule has 4 aromatic rings. The summed E-state index contributed by atoms with van der Waals surface area (Å²) < 4.78 is 0. The van der Waals surface area contributed by atoms with Crippen LogP contribution in [-0.4, -0.2) is 19.0 Å². The van der Waals surface area contributed by atoms with E-state index in [1.165, 1.54) is 32.8 Å². The average Bonchev–Trinajstić information content (AvgIpc) is 3.13. The first kappa shape index (κ1) is 24.9. The van der Waals surface area contributed by atoms with Gasteiger partial charge in [0.25, 0.3) is 0 Å². The number of fused-ring (bicyclic) bond motifs is 1. The van der Waals surface area contributed by atoms with Gasteiger partial charge in [-0.15, -0.1) is 22.4 Å². The first-order chi connectivity index (χ1) is 14.5. The second-order valence-electron chi connectivity index (χ2n) is 7.49. The van der Waals surface area contributed by atoms with Gasteiger partial charge in [-0.3, -0.25) is 0 Å². The second-order valence-corrected chi connectivity index (χ2v) is 9.33. The number of benzene rings is 3. The molecule has 0 aliphatic heterocycles. The first-order valence-corrected chi connectivity index (χ1v) is 13.3. The molecule has 0 aliphatic carbocycles. The van der Waals surface area contributed by atoms with E-state index in [-0.39, 0.29) is 7.53 Å². The van der Waals surface area contributed by atoms with E-state index in [0.717, 1.165) is 0 Å². The molecule has 0 saturated carbocycles. The van der Waals surface area contributed by atoms with Crippen molar-refractivity contribution in [2.75, 3.05) is 14.1 Å². The third-order valence-corrected chi connectivity index (χ3v) is 7.51. The molecule has 0 bridgehead atoms. The molecule has 1 atom stereocenters. The molecule has 0 aliphatic rings. The predicted molar refractivity (Wildman–Crippen MR) is 131 cm³/mol. The third kappa shape index (κ3) is 6.55. The number of hydrogen-bond acceptors (Lipinski definition) is 1. The quantitative estimate of drug-likeness (QED) is 0.191. The zero-order valence-corrected chi connectivity index (χ0v) is 21.4. The minimum absolute atomic E-state index is 0.143. The molecule has 0 spiro atoms. The summed E-state index contributed by atoms with van der Waals surface area (Å²) in [4.78, 5) is 2.21. The van der Waals surface area contributed by atoms with Crippen LogP contribution in [-0.2, 0) is 18.2 Å². The van der Waals surface area contributed by atoms with Gasteiger partial charge in [-0.1, -0.05) is 56.1 Å². The molecule has 0 amide bonds. The molecular formula is C26H29ClNPPd. The normalized spacial score (nSPS) is 11.4. The van der Waals surface area contributed by atoms with Gasteiger partial charge in [-0.25, -0.2) is 0 Å². The van der Waals surface area contributed by atoms with Gasteiger partial charge < -0.3 is 4.90 Å². The van der Waals surface area contributed by atoms with Gasteiger partial charge >= 0.3 is 27.7 Å². The third-order valence-electron chi connectivity index (χ3n) is 5.29. The van der Waals surface area contributed by atoms with Crippen LogP contribution in [0.4, 0.5) is 0 Å². The molecular weight excluding hydrogens is 499 g/mol. The van der Waals surface area contributed by atoms with E-state index in [4.69, 9.17) is 0 Å². The summed E-state index contributed by atoms with van der Waals surface area (Å²) in [7, 11) is 8.54. The molecule has 160 valence electrons. The van der Waals surface area contributed by atoms with Crippen LogP contribution >= 0.6 is 17.1 Å². The maximum atomic E-state index is 4.49. The van der Waals surface area contributed by atoms with E-state index in [2.05, 4.69) is 146 Å². The zero-order valence-electron chi connectivity index (χ0n) is 18.2. The predicted octanol–water partition coefficient (Wildman–Crippen LogP) is 8.23. The fraction of sp³-hybridized carbons (Fsp3) is 0.231.